The Hall–Kier alpha value is -2.67. The van der Waals surface area contributed by atoms with Crippen molar-refractivity contribution < 1.29 is 14.3 Å². The molecule has 0 aliphatic carbocycles. The Morgan fingerprint density at radius 1 is 1.30 bits per heavy atom. The van der Waals surface area contributed by atoms with Crippen LogP contribution in [-0.2, 0) is 9.53 Å². The van der Waals surface area contributed by atoms with Crippen LogP contribution in [-0.4, -0.2) is 52.3 Å². The molecule has 0 bridgehead atoms. The molecule has 0 radical (unpaired) electrons. The molecule has 1 saturated heterocycles. The minimum atomic E-state index is -0.737. The number of carbonyl (C=O) groups excluding carboxylic acids is 2. The normalized spacial score (nSPS) is 18.0. The molecule has 7 heteroatoms. The lowest BCUT2D eigenvalue weighted by molar-refractivity contribution is -0.133. The molecule has 0 spiro atoms. The van der Waals surface area contributed by atoms with Crippen molar-refractivity contribution >= 4 is 11.8 Å². The van der Waals surface area contributed by atoms with Crippen LogP contribution in [0, 0.1) is 6.92 Å². The van der Waals surface area contributed by atoms with Crippen LogP contribution in [0.4, 0.5) is 0 Å². The van der Waals surface area contributed by atoms with Crippen molar-refractivity contribution in [3.63, 3.8) is 0 Å². The van der Waals surface area contributed by atoms with Gasteiger partial charge in [0.25, 0.3) is 5.91 Å². The van der Waals surface area contributed by atoms with Crippen molar-refractivity contribution in [2.75, 3.05) is 19.7 Å². The van der Waals surface area contributed by atoms with Crippen molar-refractivity contribution in [2.45, 2.75) is 13.0 Å². The molecular weight excluding hydrogens is 296 g/mol. The molecule has 1 aromatic heterocycles. The SMILES string of the molecule is Cc1cnn(-c2ccc(C(=O)N3CCOC(C(N)=O)C3)cc2)c1. The number of benzene rings is 1. The number of hydrogen-bond donors (Lipinski definition) is 1. The molecule has 23 heavy (non-hydrogen) atoms. The number of nitrogens with two attached hydrogens (primary N) is 1. The summed E-state index contributed by atoms with van der Waals surface area (Å²) < 4.78 is 7.01. The first-order valence-corrected chi connectivity index (χ1v) is 7.36. The van der Waals surface area contributed by atoms with Crippen LogP contribution in [0.2, 0.25) is 0 Å². The highest BCUT2D eigenvalue weighted by Crippen LogP contribution is 2.14. The molecule has 1 fully saturated rings. The fourth-order valence-electron chi connectivity index (χ4n) is 2.50. The predicted molar refractivity (Wildman–Crippen MR) is 83.1 cm³/mol. The van der Waals surface area contributed by atoms with Crippen molar-refractivity contribution in [1.82, 2.24) is 14.7 Å². The van der Waals surface area contributed by atoms with Gasteiger partial charge in [-0.15, -0.1) is 0 Å². The van der Waals surface area contributed by atoms with Crippen LogP contribution in [0.3, 0.4) is 0 Å². The van der Waals surface area contributed by atoms with Gasteiger partial charge in [0.1, 0.15) is 0 Å². The summed E-state index contributed by atoms with van der Waals surface area (Å²) in [5.74, 6) is -0.686. The number of rotatable bonds is 3. The number of aromatic nitrogens is 2. The molecular formula is C16H18N4O3. The number of ether oxygens (including phenoxy) is 1. The Morgan fingerprint density at radius 2 is 2.04 bits per heavy atom. The molecule has 2 amide bonds. The van der Waals surface area contributed by atoms with Gasteiger partial charge in [0.15, 0.2) is 6.10 Å². The largest absolute Gasteiger partial charge is 0.367 e. The van der Waals surface area contributed by atoms with Gasteiger partial charge in [-0.3, -0.25) is 9.59 Å². The summed E-state index contributed by atoms with van der Waals surface area (Å²) in [7, 11) is 0. The third-order valence-corrected chi connectivity index (χ3v) is 3.76. The van der Waals surface area contributed by atoms with E-state index in [0.717, 1.165) is 11.3 Å². The number of primary amides is 1. The molecule has 120 valence electrons. The van der Waals surface area contributed by atoms with E-state index in [1.807, 2.05) is 25.3 Å². The van der Waals surface area contributed by atoms with E-state index >= 15 is 0 Å². The highest BCUT2D eigenvalue weighted by atomic mass is 16.5. The summed E-state index contributed by atoms with van der Waals surface area (Å²) in [5, 5.41) is 4.23. The van der Waals surface area contributed by atoms with Gasteiger partial charge in [-0.25, -0.2) is 4.68 Å². The van der Waals surface area contributed by atoms with Crippen LogP contribution in [0.1, 0.15) is 15.9 Å². The molecule has 1 aliphatic rings. The molecule has 1 aromatic carbocycles. The van der Waals surface area contributed by atoms with E-state index in [2.05, 4.69) is 5.10 Å². The minimum Gasteiger partial charge on any atom is -0.367 e. The average molecular weight is 314 g/mol. The van der Waals surface area contributed by atoms with E-state index in [9.17, 15) is 9.59 Å². The maximum atomic E-state index is 12.5. The molecule has 2 N–H and O–H groups in total. The van der Waals surface area contributed by atoms with E-state index < -0.39 is 12.0 Å². The lowest BCUT2D eigenvalue weighted by Gasteiger charge is -2.31. The summed E-state index contributed by atoms with van der Waals surface area (Å²) in [6, 6.07) is 7.18. The van der Waals surface area contributed by atoms with Gasteiger partial charge in [-0.1, -0.05) is 0 Å². The summed E-state index contributed by atoms with van der Waals surface area (Å²) in [6.07, 6.45) is 2.95. The third kappa shape index (κ3) is 3.24. The fourth-order valence-corrected chi connectivity index (χ4v) is 2.50. The lowest BCUT2D eigenvalue weighted by atomic mass is 10.1. The molecule has 1 unspecified atom stereocenters. The van der Waals surface area contributed by atoms with Gasteiger partial charge in [0, 0.05) is 18.3 Å². The maximum absolute atomic E-state index is 12.5. The number of amides is 2. The Morgan fingerprint density at radius 3 is 2.65 bits per heavy atom. The molecule has 1 atom stereocenters. The molecule has 2 heterocycles. The quantitative estimate of drug-likeness (QED) is 0.893. The van der Waals surface area contributed by atoms with E-state index in [1.54, 1.807) is 27.9 Å². The Kier molecular flexibility index (Phi) is 4.12. The van der Waals surface area contributed by atoms with E-state index in [4.69, 9.17) is 10.5 Å². The highest BCUT2D eigenvalue weighted by Gasteiger charge is 2.28. The molecule has 3 rings (SSSR count). The van der Waals surface area contributed by atoms with E-state index in [1.165, 1.54) is 0 Å². The van der Waals surface area contributed by atoms with E-state index in [-0.39, 0.29) is 12.5 Å². The second-order valence-electron chi connectivity index (χ2n) is 5.52. The Bertz CT molecular complexity index is 723. The number of morpholine rings is 1. The van der Waals surface area contributed by atoms with Gasteiger partial charge < -0.3 is 15.4 Å². The van der Waals surface area contributed by atoms with Gasteiger partial charge >= 0.3 is 0 Å². The van der Waals surface area contributed by atoms with Gasteiger partial charge in [-0.2, -0.15) is 5.10 Å². The first kappa shape index (κ1) is 15.2. The number of nitrogens with zero attached hydrogens (tertiary/aromatic N) is 3. The average Bonchev–Trinajstić information content (AvgIpc) is 3.01. The monoisotopic (exact) mass is 314 g/mol. The standard InChI is InChI=1S/C16H18N4O3/c1-11-8-18-20(9-11)13-4-2-12(3-5-13)16(22)19-6-7-23-14(10-19)15(17)21/h2-5,8-9,14H,6-7,10H2,1H3,(H2,17,21). The van der Waals surface area contributed by atoms with Crippen LogP contribution in [0.15, 0.2) is 36.7 Å². The zero-order chi connectivity index (χ0) is 16.4. The third-order valence-electron chi connectivity index (χ3n) is 3.76. The number of carbonyl (C=O) groups is 2. The molecule has 7 nitrogen and oxygen atoms in total. The second-order valence-corrected chi connectivity index (χ2v) is 5.52. The fraction of sp³-hybridized carbons (Fsp3) is 0.312. The van der Waals surface area contributed by atoms with E-state index in [0.29, 0.717) is 18.7 Å². The smallest absolute Gasteiger partial charge is 0.254 e. The molecule has 2 aromatic rings. The van der Waals surface area contributed by atoms with Crippen molar-refractivity contribution in [3.05, 3.63) is 47.8 Å². The maximum Gasteiger partial charge on any atom is 0.254 e. The lowest BCUT2D eigenvalue weighted by Crippen LogP contribution is -2.50. The predicted octanol–water partition coefficient (Wildman–Crippen LogP) is 0.507. The van der Waals surface area contributed by atoms with Crippen LogP contribution < -0.4 is 5.73 Å². The van der Waals surface area contributed by atoms with Gasteiger partial charge in [0.2, 0.25) is 5.91 Å². The summed E-state index contributed by atoms with van der Waals surface area (Å²) in [4.78, 5) is 25.3. The van der Waals surface area contributed by atoms with Crippen molar-refractivity contribution in [3.8, 4) is 5.69 Å². The van der Waals surface area contributed by atoms with Crippen molar-refractivity contribution in [2.24, 2.45) is 5.73 Å². The second kappa shape index (κ2) is 6.21. The summed E-state index contributed by atoms with van der Waals surface area (Å²) in [5.41, 5.74) is 7.75. The van der Waals surface area contributed by atoms with Crippen LogP contribution in [0.25, 0.3) is 5.69 Å². The summed E-state index contributed by atoms with van der Waals surface area (Å²) in [6.45, 7) is 2.91. The summed E-state index contributed by atoms with van der Waals surface area (Å²) >= 11 is 0. The zero-order valence-electron chi connectivity index (χ0n) is 12.8. The first-order chi connectivity index (χ1) is 11.0. The topological polar surface area (TPSA) is 90.4 Å². The molecule has 1 aliphatic heterocycles. The van der Waals surface area contributed by atoms with Crippen molar-refractivity contribution in [1.29, 1.82) is 0 Å². The highest BCUT2D eigenvalue weighted by molar-refractivity contribution is 5.95. The Balaban J connectivity index is 1.74. The zero-order valence-corrected chi connectivity index (χ0v) is 12.8. The number of hydrogen-bond acceptors (Lipinski definition) is 4. The minimum absolute atomic E-state index is 0.136. The Labute approximate surface area is 133 Å². The first-order valence-electron chi connectivity index (χ1n) is 7.36. The van der Waals surface area contributed by atoms with Crippen LogP contribution in [0.5, 0.6) is 0 Å². The molecule has 0 saturated carbocycles. The van der Waals surface area contributed by atoms with Gasteiger partial charge in [-0.05, 0) is 36.8 Å². The van der Waals surface area contributed by atoms with Crippen LogP contribution >= 0.6 is 0 Å². The number of aryl methyl sites for hydroxylation is 1. The van der Waals surface area contributed by atoms with Gasteiger partial charge in [0.05, 0.1) is 25.0 Å².